The van der Waals surface area contributed by atoms with E-state index in [2.05, 4.69) is 50.4 Å². The van der Waals surface area contributed by atoms with Crippen molar-refractivity contribution in [3.8, 4) is 0 Å². The fourth-order valence-corrected chi connectivity index (χ4v) is 2.62. The Hall–Kier alpha value is -2.00. The third-order valence-electron chi connectivity index (χ3n) is 4.23. The highest BCUT2D eigenvalue weighted by Crippen LogP contribution is 2.22. The second-order valence-electron chi connectivity index (χ2n) is 7.25. The lowest BCUT2D eigenvalue weighted by atomic mass is 9.86. The van der Waals surface area contributed by atoms with Crippen molar-refractivity contribution in [2.24, 2.45) is 0 Å². The predicted octanol–water partition coefficient (Wildman–Crippen LogP) is 4.28. The maximum absolute atomic E-state index is 12.0. The van der Waals surface area contributed by atoms with E-state index in [1.165, 1.54) is 11.1 Å². The lowest BCUT2D eigenvalue weighted by molar-refractivity contribution is -0.121. The van der Waals surface area contributed by atoms with E-state index < -0.39 is 0 Å². The number of carbonyl (C=O) groups excluding carboxylic acids is 1. The molecule has 0 fully saturated rings. The van der Waals surface area contributed by atoms with Crippen LogP contribution in [0.3, 0.4) is 0 Å². The summed E-state index contributed by atoms with van der Waals surface area (Å²) in [4.78, 5) is 12.0. The van der Waals surface area contributed by atoms with Gasteiger partial charge in [-0.2, -0.15) is 0 Å². The number of hydrogen-bond donors (Lipinski definition) is 2. The van der Waals surface area contributed by atoms with Gasteiger partial charge in [-0.25, -0.2) is 0 Å². The molecule has 0 aliphatic carbocycles. The van der Waals surface area contributed by atoms with E-state index in [9.17, 15) is 4.79 Å². The smallest absolute Gasteiger partial charge is 0.220 e. The lowest BCUT2D eigenvalue weighted by Gasteiger charge is -2.19. The number of nitrogen functional groups attached to an aromatic ring is 1. The van der Waals surface area contributed by atoms with Gasteiger partial charge in [0.25, 0.3) is 0 Å². The molecule has 2 aromatic carbocycles. The van der Waals surface area contributed by atoms with Crippen LogP contribution >= 0.6 is 12.4 Å². The summed E-state index contributed by atoms with van der Waals surface area (Å²) in [5.74, 6) is 0.0737. The van der Waals surface area contributed by atoms with Gasteiger partial charge in [0.05, 0.1) is 0 Å². The largest absolute Gasteiger partial charge is 0.399 e. The van der Waals surface area contributed by atoms with E-state index in [0.717, 1.165) is 17.7 Å². The highest BCUT2D eigenvalue weighted by molar-refractivity contribution is 5.85. The molecule has 2 rings (SSSR count). The first-order valence-electron chi connectivity index (χ1n) is 8.56. The number of para-hydroxylation sites is 1. The summed E-state index contributed by atoms with van der Waals surface area (Å²) in [7, 11) is 0. The monoisotopic (exact) mass is 360 g/mol. The standard InChI is InChI=1S/C21H28N2O.ClH/c1-21(2,3)18-11-8-16(9-12-18)14-15-23-20(24)13-10-17-6-4-5-7-19(17)22;/h4-9,11-12H,10,13-15,22H2,1-3H3,(H,23,24);1H. The molecule has 0 heterocycles. The lowest BCUT2D eigenvalue weighted by Crippen LogP contribution is -2.26. The van der Waals surface area contributed by atoms with Crippen molar-refractivity contribution in [2.45, 2.75) is 45.4 Å². The van der Waals surface area contributed by atoms with Gasteiger partial charge >= 0.3 is 0 Å². The van der Waals surface area contributed by atoms with Crippen LogP contribution in [-0.4, -0.2) is 12.5 Å². The van der Waals surface area contributed by atoms with E-state index in [-0.39, 0.29) is 23.7 Å². The molecule has 1 amide bonds. The van der Waals surface area contributed by atoms with Gasteiger partial charge in [-0.15, -0.1) is 12.4 Å². The number of rotatable bonds is 6. The number of nitrogens with one attached hydrogen (secondary N) is 1. The van der Waals surface area contributed by atoms with Crippen molar-refractivity contribution in [2.75, 3.05) is 12.3 Å². The quantitative estimate of drug-likeness (QED) is 0.755. The Morgan fingerprint density at radius 1 is 1.00 bits per heavy atom. The van der Waals surface area contributed by atoms with Crippen LogP contribution in [0.5, 0.6) is 0 Å². The summed E-state index contributed by atoms with van der Waals surface area (Å²) in [5.41, 5.74) is 10.4. The molecule has 136 valence electrons. The van der Waals surface area contributed by atoms with Crippen LogP contribution in [0, 0.1) is 0 Å². The molecule has 2 aromatic rings. The normalized spacial score (nSPS) is 10.8. The number of hydrogen-bond acceptors (Lipinski definition) is 2. The SMILES string of the molecule is CC(C)(C)c1ccc(CCNC(=O)CCc2ccccc2N)cc1.Cl. The van der Waals surface area contributed by atoms with Crippen LogP contribution in [0.25, 0.3) is 0 Å². The maximum atomic E-state index is 12.0. The van der Waals surface area contributed by atoms with Gasteiger partial charge in [0.1, 0.15) is 0 Å². The van der Waals surface area contributed by atoms with Crippen molar-refractivity contribution in [1.82, 2.24) is 5.32 Å². The molecule has 3 N–H and O–H groups in total. The van der Waals surface area contributed by atoms with Gasteiger partial charge in [0.15, 0.2) is 0 Å². The van der Waals surface area contributed by atoms with Gasteiger partial charge in [-0.3, -0.25) is 4.79 Å². The number of amides is 1. The molecular weight excluding hydrogens is 332 g/mol. The highest BCUT2D eigenvalue weighted by Gasteiger charge is 2.12. The van der Waals surface area contributed by atoms with Crippen LogP contribution in [0.2, 0.25) is 0 Å². The average molecular weight is 361 g/mol. The minimum absolute atomic E-state index is 0. The molecule has 0 saturated carbocycles. The molecule has 0 saturated heterocycles. The van der Waals surface area contributed by atoms with Crippen LogP contribution in [0.15, 0.2) is 48.5 Å². The van der Waals surface area contributed by atoms with Crippen molar-refractivity contribution in [3.63, 3.8) is 0 Å². The summed E-state index contributed by atoms with van der Waals surface area (Å²) >= 11 is 0. The summed E-state index contributed by atoms with van der Waals surface area (Å²) in [6.07, 6.45) is 2.00. The number of benzene rings is 2. The molecule has 0 unspecified atom stereocenters. The van der Waals surface area contributed by atoms with Crippen LogP contribution in [-0.2, 0) is 23.1 Å². The second-order valence-corrected chi connectivity index (χ2v) is 7.25. The zero-order chi connectivity index (χ0) is 17.6. The van der Waals surface area contributed by atoms with Crippen molar-refractivity contribution >= 4 is 24.0 Å². The molecule has 4 heteroatoms. The zero-order valence-electron chi connectivity index (χ0n) is 15.3. The highest BCUT2D eigenvalue weighted by atomic mass is 35.5. The van der Waals surface area contributed by atoms with Crippen LogP contribution < -0.4 is 11.1 Å². The fraction of sp³-hybridized carbons (Fsp3) is 0.381. The minimum atomic E-state index is 0. The molecule has 0 radical (unpaired) electrons. The number of anilines is 1. The minimum Gasteiger partial charge on any atom is -0.399 e. The molecule has 0 aliphatic rings. The maximum Gasteiger partial charge on any atom is 0.220 e. The Bertz CT molecular complexity index is 675. The summed E-state index contributed by atoms with van der Waals surface area (Å²) in [5, 5.41) is 2.99. The molecule has 0 aromatic heterocycles. The molecule has 0 bridgehead atoms. The first-order chi connectivity index (χ1) is 11.4. The van der Waals surface area contributed by atoms with Crippen molar-refractivity contribution in [3.05, 3.63) is 65.2 Å². The molecule has 25 heavy (non-hydrogen) atoms. The van der Waals surface area contributed by atoms with E-state index >= 15 is 0 Å². The van der Waals surface area contributed by atoms with Gasteiger partial charge in [-0.1, -0.05) is 63.2 Å². The van der Waals surface area contributed by atoms with Gasteiger partial charge < -0.3 is 11.1 Å². The Balaban J connectivity index is 0.00000312. The van der Waals surface area contributed by atoms with Crippen molar-refractivity contribution in [1.29, 1.82) is 0 Å². The number of carbonyl (C=O) groups is 1. The summed E-state index contributed by atoms with van der Waals surface area (Å²) < 4.78 is 0. The number of halogens is 1. The predicted molar refractivity (Wildman–Crippen MR) is 108 cm³/mol. The Morgan fingerprint density at radius 3 is 2.24 bits per heavy atom. The van der Waals surface area contributed by atoms with Crippen LogP contribution in [0.4, 0.5) is 5.69 Å². The van der Waals surface area contributed by atoms with E-state index in [1.807, 2.05) is 24.3 Å². The fourth-order valence-electron chi connectivity index (χ4n) is 2.62. The Kier molecular flexibility index (Phi) is 7.98. The number of aryl methyl sites for hydroxylation is 1. The Morgan fingerprint density at radius 2 is 1.64 bits per heavy atom. The molecule has 3 nitrogen and oxygen atoms in total. The zero-order valence-corrected chi connectivity index (χ0v) is 16.2. The molecular formula is C21H29ClN2O. The third kappa shape index (κ3) is 6.79. The molecule has 0 aliphatic heterocycles. The van der Waals surface area contributed by atoms with E-state index in [4.69, 9.17) is 5.73 Å². The van der Waals surface area contributed by atoms with Gasteiger partial charge in [0.2, 0.25) is 5.91 Å². The van der Waals surface area contributed by atoms with Crippen molar-refractivity contribution < 1.29 is 4.79 Å². The van der Waals surface area contributed by atoms with Gasteiger partial charge in [0, 0.05) is 18.7 Å². The first-order valence-corrected chi connectivity index (χ1v) is 8.56. The van der Waals surface area contributed by atoms with E-state index in [1.54, 1.807) is 0 Å². The molecule has 0 atom stereocenters. The third-order valence-corrected chi connectivity index (χ3v) is 4.23. The second kappa shape index (κ2) is 9.47. The number of nitrogens with two attached hydrogens (primary N) is 1. The topological polar surface area (TPSA) is 55.1 Å². The van der Waals surface area contributed by atoms with Gasteiger partial charge in [-0.05, 0) is 41.0 Å². The first kappa shape index (κ1) is 21.0. The van der Waals surface area contributed by atoms with E-state index in [0.29, 0.717) is 19.4 Å². The van der Waals surface area contributed by atoms with Crippen LogP contribution in [0.1, 0.15) is 43.9 Å². The summed E-state index contributed by atoms with van der Waals surface area (Å²) in [6.45, 7) is 7.29. The summed E-state index contributed by atoms with van der Waals surface area (Å²) in [6, 6.07) is 16.3. The average Bonchev–Trinajstić information content (AvgIpc) is 2.54. The Labute approximate surface area is 157 Å². The molecule has 0 spiro atoms.